The monoisotopic (exact) mass is 275 g/mol. The highest BCUT2D eigenvalue weighted by atomic mass is 32.1. The lowest BCUT2D eigenvalue weighted by Crippen LogP contribution is -2.35. The third kappa shape index (κ3) is 2.96. The molecule has 1 aliphatic rings. The Bertz CT molecular complexity index is 556. The average Bonchev–Trinajstić information content (AvgIpc) is 2.79. The van der Waals surface area contributed by atoms with E-state index in [4.69, 9.17) is 5.73 Å². The minimum absolute atomic E-state index is 0.739. The molecule has 0 aliphatic carbocycles. The van der Waals surface area contributed by atoms with Crippen LogP contribution in [0.15, 0.2) is 18.2 Å². The van der Waals surface area contributed by atoms with Gasteiger partial charge in [-0.05, 0) is 63.0 Å². The molecule has 4 heteroatoms. The molecule has 1 fully saturated rings. The molecule has 0 atom stereocenters. The normalized spacial score (nSPS) is 18.2. The van der Waals surface area contributed by atoms with Gasteiger partial charge in [-0.15, -0.1) is 11.3 Å². The maximum Gasteiger partial charge on any atom is 0.0907 e. The topological polar surface area (TPSA) is 42.2 Å². The number of hydrogen-bond donors (Lipinski definition) is 1. The van der Waals surface area contributed by atoms with E-state index >= 15 is 0 Å². The summed E-state index contributed by atoms with van der Waals surface area (Å²) in [7, 11) is 0. The molecule has 2 N–H and O–H groups in total. The third-order valence-electron chi connectivity index (χ3n) is 4.01. The summed E-state index contributed by atoms with van der Waals surface area (Å²) >= 11 is 1.79. The van der Waals surface area contributed by atoms with E-state index in [0.717, 1.165) is 29.5 Å². The standard InChI is InChI=1S/C15H21N3S/c1-11-17-14-3-2-13(8-15(14)19-11)10-18-6-4-12(9-16)5-7-18/h2-3,8,12H,4-7,9-10,16H2,1H3. The van der Waals surface area contributed by atoms with Crippen molar-refractivity contribution in [2.45, 2.75) is 26.3 Å². The minimum atomic E-state index is 0.739. The predicted molar refractivity (Wildman–Crippen MR) is 81.4 cm³/mol. The largest absolute Gasteiger partial charge is 0.330 e. The molecule has 1 aliphatic heterocycles. The molecule has 0 spiro atoms. The molecule has 1 saturated heterocycles. The molecule has 0 amide bonds. The average molecular weight is 275 g/mol. The van der Waals surface area contributed by atoms with Crippen molar-refractivity contribution >= 4 is 21.6 Å². The van der Waals surface area contributed by atoms with Gasteiger partial charge >= 0.3 is 0 Å². The van der Waals surface area contributed by atoms with Gasteiger partial charge in [-0.2, -0.15) is 0 Å². The molecular formula is C15H21N3S. The zero-order valence-corrected chi connectivity index (χ0v) is 12.2. The Morgan fingerprint density at radius 2 is 2.16 bits per heavy atom. The van der Waals surface area contributed by atoms with Crippen LogP contribution in [0, 0.1) is 12.8 Å². The molecule has 3 nitrogen and oxygen atoms in total. The molecule has 2 heterocycles. The molecule has 1 aromatic heterocycles. The highest BCUT2D eigenvalue weighted by Gasteiger charge is 2.18. The van der Waals surface area contributed by atoms with Crippen LogP contribution in [0.25, 0.3) is 10.2 Å². The van der Waals surface area contributed by atoms with Crippen LogP contribution in [0.2, 0.25) is 0 Å². The van der Waals surface area contributed by atoms with Gasteiger partial charge in [0, 0.05) is 6.54 Å². The maximum absolute atomic E-state index is 5.74. The molecule has 0 saturated carbocycles. The lowest BCUT2D eigenvalue weighted by Gasteiger charge is -2.31. The number of fused-ring (bicyclic) bond motifs is 1. The van der Waals surface area contributed by atoms with Crippen LogP contribution in [0.5, 0.6) is 0 Å². The first-order valence-corrected chi connectivity index (χ1v) is 7.85. The molecule has 0 bridgehead atoms. The summed E-state index contributed by atoms with van der Waals surface area (Å²) in [6, 6.07) is 6.67. The Kier molecular flexibility index (Phi) is 3.82. The first-order chi connectivity index (χ1) is 9.24. The number of nitrogens with zero attached hydrogens (tertiary/aromatic N) is 2. The summed E-state index contributed by atoms with van der Waals surface area (Å²) < 4.78 is 1.31. The fourth-order valence-corrected chi connectivity index (χ4v) is 3.71. The molecule has 102 valence electrons. The van der Waals surface area contributed by atoms with Crippen molar-refractivity contribution in [1.29, 1.82) is 0 Å². The molecule has 19 heavy (non-hydrogen) atoms. The van der Waals surface area contributed by atoms with E-state index in [2.05, 4.69) is 35.0 Å². The van der Waals surface area contributed by atoms with Crippen LogP contribution in [-0.2, 0) is 6.54 Å². The highest BCUT2D eigenvalue weighted by molar-refractivity contribution is 7.18. The highest BCUT2D eigenvalue weighted by Crippen LogP contribution is 2.24. The van der Waals surface area contributed by atoms with Gasteiger partial charge in [-0.25, -0.2) is 4.98 Å². The molecular weight excluding hydrogens is 254 g/mol. The summed E-state index contributed by atoms with van der Waals surface area (Å²) in [6.07, 6.45) is 2.50. The Balaban J connectivity index is 1.68. The Morgan fingerprint density at radius 1 is 1.37 bits per heavy atom. The lowest BCUT2D eigenvalue weighted by molar-refractivity contribution is 0.180. The van der Waals surface area contributed by atoms with Crippen LogP contribution < -0.4 is 5.73 Å². The lowest BCUT2D eigenvalue weighted by atomic mass is 9.97. The van der Waals surface area contributed by atoms with E-state index in [-0.39, 0.29) is 0 Å². The smallest absolute Gasteiger partial charge is 0.0907 e. The van der Waals surface area contributed by atoms with Crippen molar-refractivity contribution in [3.8, 4) is 0 Å². The quantitative estimate of drug-likeness (QED) is 0.936. The molecule has 2 aromatic rings. The van der Waals surface area contributed by atoms with Crippen LogP contribution in [-0.4, -0.2) is 29.5 Å². The molecule has 0 radical (unpaired) electrons. The van der Waals surface area contributed by atoms with E-state index in [1.807, 2.05) is 0 Å². The zero-order valence-electron chi connectivity index (χ0n) is 11.4. The number of piperidine rings is 1. The summed E-state index contributed by atoms with van der Waals surface area (Å²) in [6.45, 7) is 6.34. The summed E-state index contributed by atoms with van der Waals surface area (Å²) in [4.78, 5) is 7.06. The van der Waals surface area contributed by atoms with Crippen molar-refractivity contribution in [2.75, 3.05) is 19.6 Å². The number of rotatable bonds is 3. The van der Waals surface area contributed by atoms with E-state index in [9.17, 15) is 0 Å². The van der Waals surface area contributed by atoms with Gasteiger partial charge in [0.15, 0.2) is 0 Å². The van der Waals surface area contributed by atoms with Crippen molar-refractivity contribution in [1.82, 2.24) is 9.88 Å². The van der Waals surface area contributed by atoms with Gasteiger partial charge in [0.1, 0.15) is 0 Å². The summed E-state index contributed by atoms with van der Waals surface area (Å²) in [5.41, 5.74) is 8.28. The predicted octanol–water partition coefficient (Wildman–Crippen LogP) is 2.78. The maximum atomic E-state index is 5.74. The number of benzene rings is 1. The van der Waals surface area contributed by atoms with Gasteiger partial charge < -0.3 is 5.73 Å². The number of aromatic nitrogens is 1. The number of aryl methyl sites for hydroxylation is 1. The van der Waals surface area contributed by atoms with Crippen LogP contribution in [0.1, 0.15) is 23.4 Å². The number of likely N-dealkylation sites (tertiary alicyclic amines) is 1. The van der Waals surface area contributed by atoms with Crippen LogP contribution >= 0.6 is 11.3 Å². The summed E-state index contributed by atoms with van der Waals surface area (Å²) in [5, 5.41) is 1.15. The Labute approximate surface area is 118 Å². The Morgan fingerprint density at radius 3 is 2.89 bits per heavy atom. The second-order valence-corrected chi connectivity index (χ2v) is 6.72. The second-order valence-electron chi connectivity index (χ2n) is 5.49. The van der Waals surface area contributed by atoms with Gasteiger partial charge in [0.25, 0.3) is 0 Å². The molecule has 0 unspecified atom stereocenters. The fraction of sp³-hybridized carbons (Fsp3) is 0.533. The fourth-order valence-electron chi connectivity index (χ4n) is 2.82. The van der Waals surface area contributed by atoms with E-state index < -0.39 is 0 Å². The second kappa shape index (κ2) is 5.57. The van der Waals surface area contributed by atoms with E-state index in [1.165, 1.54) is 36.2 Å². The Hall–Kier alpha value is -0.970. The van der Waals surface area contributed by atoms with Crippen molar-refractivity contribution in [3.05, 3.63) is 28.8 Å². The molecule has 1 aromatic carbocycles. The molecule has 3 rings (SSSR count). The van der Waals surface area contributed by atoms with Gasteiger partial charge in [0.05, 0.1) is 15.2 Å². The van der Waals surface area contributed by atoms with E-state index in [1.54, 1.807) is 11.3 Å². The number of thiazole rings is 1. The van der Waals surface area contributed by atoms with Gasteiger partial charge in [-0.1, -0.05) is 6.07 Å². The van der Waals surface area contributed by atoms with Crippen molar-refractivity contribution < 1.29 is 0 Å². The summed E-state index contributed by atoms with van der Waals surface area (Å²) in [5.74, 6) is 0.739. The zero-order chi connectivity index (χ0) is 13.2. The SMILES string of the molecule is Cc1nc2ccc(CN3CCC(CN)CC3)cc2s1. The first kappa shape index (κ1) is 13.0. The van der Waals surface area contributed by atoms with Crippen LogP contribution in [0.3, 0.4) is 0 Å². The van der Waals surface area contributed by atoms with Gasteiger partial charge in [0.2, 0.25) is 0 Å². The minimum Gasteiger partial charge on any atom is -0.330 e. The van der Waals surface area contributed by atoms with Crippen LogP contribution in [0.4, 0.5) is 0 Å². The third-order valence-corrected chi connectivity index (χ3v) is 4.94. The number of nitrogens with two attached hydrogens (primary N) is 1. The first-order valence-electron chi connectivity index (χ1n) is 7.03. The van der Waals surface area contributed by atoms with Crippen molar-refractivity contribution in [3.63, 3.8) is 0 Å². The number of hydrogen-bond acceptors (Lipinski definition) is 4. The van der Waals surface area contributed by atoms with Crippen molar-refractivity contribution in [2.24, 2.45) is 11.7 Å². The van der Waals surface area contributed by atoms with Gasteiger partial charge in [-0.3, -0.25) is 4.90 Å². The van der Waals surface area contributed by atoms with E-state index in [0.29, 0.717) is 0 Å².